The molecule has 5 nitrogen and oxygen atoms in total. The lowest BCUT2D eigenvalue weighted by atomic mass is 10.2. The Kier molecular flexibility index (Phi) is 4.54. The molecule has 2 aromatic rings. The monoisotopic (exact) mass is 331 g/mol. The lowest BCUT2D eigenvalue weighted by molar-refractivity contribution is 0.504. The van der Waals surface area contributed by atoms with Gasteiger partial charge in [0.2, 0.25) is 0 Å². The molecule has 0 bridgehead atoms. The first kappa shape index (κ1) is 14.0. The number of nitrogens with zero attached hydrogens (tertiary/aromatic N) is 4. The molecule has 2 rings (SSSR count). The van der Waals surface area contributed by atoms with Crippen LogP contribution >= 0.6 is 15.9 Å². The average Bonchev–Trinajstić information content (AvgIpc) is 2.85. The summed E-state index contributed by atoms with van der Waals surface area (Å²) >= 11 is 3.02. The van der Waals surface area contributed by atoms with Crippen molar-refractivity contribution in [3.63, 3.8) is 0 Å². The van der Waals surface area contributed by atoms with Crippen LogP contribution in [0.25, 0.3) is 11.4 Å². The predicted octanol–water partition coefficient (Wildman–Crippen LogP) is 2.12. The standard InChI is InChI=1S/C11H12BrF2N5/c12-9-7(3-4-8(13)10(9)14)11-16-17-18-19(11)6-2-1-5-15/h3-4H,1-2,5-6,15H2. The molecular weight excluding hydrogens is 320 g/mol. The second-order valence-electron chi connectivity index (χ2n) is 3.94. The Morgan fingerprint density at radius 1 is 1.26 bits per heavy atom. The first-order valence-electron chi connectivity index (χ1n) is 5.75. The fraction of sp³-hybridized carbons (Fsp3) is 0.364. The summed E-state index contributed by atoms with van der Waals surface area (Å²) in [5.74, 6) is -1.48. The van der Waals surface area contributed by atoms with Crippen LogP contribution in [0.15, 0.2) is 16.6 Å². The van der Waals surface area contributed by atoms with Crippen LogP contribution in [-0.4, -0.2) is 26.8 Å². The van der Waals surface area contributed by atoms with Gasteiger partial charge in [0.05, 0.1) is 4.47 Å². The second kappa shape index (κ2) is 6.16. The van der Waals surface area contributed by atoms with E-state index in [0.717, 1.165) is 18.9 Å². The number of rotatable bonds is 5. The molecule has 0 saturated heterocycles. The maximum absolute atomic E-state index is 13.5. The van der Waals surface area contributed by atoms with Gasteiger partial charge in [-0.15, -0.1) is 5.10 Å². The van der Waals surface area contributed by atoms with Gasteiger partial charge in [0, 0.05) is 12.1 Å². The summed E-state index contributed by atoms with van der Waals surface area (Å²) in [5, 5.41) is 11.2. The van der Waals surface area contributed by atoms with Gasteiger partial charge in [-0.3, -0.25) is 0 Å². The van der Waals surface area contributed by atoms with Crippen LogP contribution in [0.5, 0.6) is 0 Å². The third-order valence-electron chi connectivity index (χ3n) is 2.63. The highest BCUT2D eigenvalue weighted by atomic mass is 79.9. The van der Waals surface area contributed by atoms with Crippen LogP contribution in [0.1, 0.15) is 12.8 Å². The zero-order chi connectivity index (χ0) is 13.8. The van der Waals surface area contributed by atoms with Gasteiger partial charge < -0.3 is 5.73 Å². The number of benzene rings is 1. The van der Waals surface area contributed by atoms with E-state index in [4.69, 9.17) is 5.73 Å². The molecule has 0 aliphatic rings. The van der Waals surface area contributed by atoms with Crippen molar-refractivity contribution in [2.45, 2.75) is 19.4 Å². The van der Waals surface area contributed by atoms with Gasteiger partial charge in [0.25, 0.3) is 0 Å². The van der Waals surface area contributed by atoms with Gasteiger partial charge in [-0.05, 0) is 57.9 Å². The summed E-state index contributed by atoms with van der Waals surface area (Å²) in [4.78, 5) is 0. The van der Waals surface area contributed by atoms with E-state index in [2.05, 4.69) is 31.5 Å². The van der Waals surface area contributed by atoms with E-state index >= 15 is 0 Å². The SMILES string of the molecule is NCCCCn1nnnc1-c1ccc(F)c(F)c1Br. The van der Waals surface area contributed by atoms with Gasteiger partial charge in [-0.1, -0.05) is 0 Å². The zero-order valence-corrected chi connectivity index (χ0v) is 11.6. The normalized spacial score (nSPS) is 10.9. The van der Waals surface area contributed by atoms with Crippen LogP contribution in [-0.2, 0) is 6.54 Å². The molecule has 0 unspecified atom stereocenters. The zero-order valence-electron chi connectivity index (χ0n) is 9.98. The number of hydrogen-bond donors (Lipinski definition) is 1. The molecule has 0 radical (unpaired) electrons. The van der Waals surface area contributed by atoms with Crippen LogP contribution in [0.3, 0.4) is 0 Å². The van der Waals surface area contributed by atoms with Crippen molar-refractivity contribution >= 4 is 15.9 Å². The lowest BCUT2D eigenvalue weighted by Crippen LogP contribution is -2.06. The molecule has 0 spiro atoms. The number of aryl methyl sites for hydroxylation is 1. The number of hydrogen-bond acceptors (Lipinski definition) is 4. The highest BCUT2D eigenvalue weighted by Crippen LogP contribution is 2.30. The van der Waals surface area contributed by atoms with E-state index in [1.807, 2.05) is 0 Å². The smallest absolute Gasteiger partial charge is 0.183 e. The van der Waals surface area contributed by atoms with E-state index in [0.29, 0.717) is 24.5 Å². The van der Waals surface area contributed by atoms with Crippen LogP contribution in [0, 0.1) is 11.6 Å². The van der Waals surface area contributed by atoms with Gasteiger partial charge in [0.15, 0.2) is 17.5 Å². The molecule has 0 saturated carbocycles. The highest BCUT2D eigenvalue weighted by molar-refractivity contribution is 9.10. The summed E-state index contributed by atoms with van der Waals surface area (Å²) in [6.07, 6.45) is 1.66. The average molecular weight is 332 g/mol. The lowest BCUT2D eigenvalue weighted by Gasteiger charge is -2.07. The van der Waals surface area contributed by atoms with Crippen LogP contribution < -0.4 is 5.73 Å². The maximum Gasteiger partial charge on any atom is 0.183 e. The fourth-order valence-electron chi connectivity index (χ4n) is 1.65. The molecule has 0 aliphatic heterocycles. The summed E-state index contributed by atoms with van der Waals surface area (Å²) in [6, 6.07) is 2.49. The number of unbranched alkanes of at least 4 members (excludes halogenated alkanes) is 1. The van der Waals surface area contributed by atoms with Crippen molar-refractivity contribution in [3.05, 3.63) is 28.2 Å². The summed E-state index contributed by atoms with van der Waals surface area (Å²) in [7, 11) is 0. The van der Waals surface area contributed by atoms with E-state index < -0.39 is 11.6 Å². The van der Waals surface area contributed by atoms with Gasteiger partial charge in [-0.2, -0.15) is 0 Å². The largest absolute Gasteiger partial charge is 0.330 e. The molecule has 0 amide bonds. The minimum absolute atomic E-state index is 0.0161. The van der Waals surface area contributed by atoms with Gasteiger partial charge >= 0.3 is 0 Å². The Hall–Kier alpha value is -1.41. The van der Waals surface area contributed by atoms with E-state index in [1.165, 1.54) is 6.07 Å². The minimum Gasteiger partial charge on any atom is -0.330 e. The molecule has 0 atom stereocenters. The molecule has 2 N–H and O–H groups in total. The summed E-state index contributed by atoms with van der Waals surface area (Å²) < 4.78 is 28.1. The maximum atomic E-state index is 13.5. The quantitative estimate of drug-likeness (QED) is 0.673. The van der Waals surface area contributed by atoms with Crippen LogP contribution in [0.4, 0.5) is 8.78 Å². The Morgan fingerprint density at radius 3 is 2.79 bits per heavy atom. The first-order valence-corrected chi connectivity index (χ1v) is 6.54. The van der Waals surface area contributed by atoms with Gasteiger partial charge in [-0.25, -0.2) is 13.5 Å². The van der Waals surface area contributed by atoms with Crippen molar-refractivity contribution in [3.8, 4) is 11.4 Å². The van der Waals surface area contributed by atoms with E-state index in [-0.39, 0.29) is 4.47 Å². The third-order valence-corrected chi connectivity index (χ3v) is 3.41. The van der Waals surface area contributed by atoms with Crippen LogP contribution in [0.2, 0.25) is 0 Å². The van der Waals surface area contributed by atoms with E-state index in [9.17, 15) is 8.78 Å². The van der Waals surface area contributed by atoms with Gasteiger partial charge in [0.1, 0.15) is 0 Å². The Labute approximate surface area is 116 Å². The van der Waals surface area contributed by atoms with Crippen molar-refractivity contribution in [2.24, 2.45) is 5.73 Å². The summed E-state index contributed by atoms with van der Waals surface area (Å²) in [6.45, 7) is 1.16. The molecule has 1 aromatic heterocycles. The Bertz CT molecular complexity index is 572. The number of halogens is 3. The number of nitrogens with two attached hydrogens (primary N) is 1. The van der Waals surface area contributed by atoms with Crippen molar-refractivity contribution in [1.82, 2.24) is 20.2 Å². The van der Waals surface area contributed by atoms with Crippen molar-refractivity contribution < 1.29 is 8.78 Å². The Balaban J connectivity index is 2.32. The van der Waals surface area contributed by atoms with E-state index in [1.54, 1.807) is 4.68 Å². The van der Waals surface area contributed by atoms with Crippen molar-refractivity contribution in [1.29, 1.82) is 0 Å². The molecule has 0 fully saturated rings. The second-order valence-corrected chi connectivity index (χ2v) is 4.74. The van der Waals surface area contributed by atoms with Crippen molar-refractivity contribution in [2.75, 3.05) is 6.54 Å². The molecular formula is C11H12BrF2N5. The highest BCUT2D eigenvalue weighted by Gasteiger charge is 2.17. The first-order chi connectivity index (χ1) is 9.15. The molecule has 102 valence electrons. The Morgan fingerprint density at radius 2 is 2.05 bits per heavy atom. The topological polar surface area (TPSA) is 69.6 Å². The molecule has 1 aromatic carbocycles. The number of aromatic nitrogens is 4. The number of tetrazole rings is 1. The minimum atomic E-state index is -0.950. The predicted molar refractivity (Wildman–Crippen MR) is 69.2 cm³/mol. The molecule has 0 aliphatic carbocycles. The fourth-order valence-corrected chi connectivity index (χ4v) is 2.15. The molecule has 8 heteroatoms. The third kappa shape index (κ3) is 2.95. The molecule has 1 heterocycles. The molecule has 19 heavy (non-hydrogen) atoms. The summed E-state index contributed by atoms with van der Waals surface area (Å²) in [5.41, 5.74) is 5.83.